The minimum atomic E-state index is -0.255. The molecule has 0 amide bonds. The number of amidine groups is 3. The van der Waals surface area contributed by atoms with Crippen molar-refractivity contribution in [2.24, 2.45) is 25.9 Å². The number of nitrogens with zero attached hydrogens (tertiary/aromatic N) is 7. The molecule has 57 heavy (non-hydrogen) atoms. The fraction of sp³-hybridized carbons (Fsp3) is 0.311. The molecule has 8 heterocycles. The van der Waals surface area contributed by atoms with Gasteiger partial charge in [-0.05, 0) is 125 Å². The number of fused-ring (bicyclic) bond motifs is 1. The van der Waals surface area contributed by atoms with E-state index < -0.39 is 0 Å². The van der Waals surface area contributed by atoms with Gasteiger partial charge in [0.2, 0.25) is 0 Å². The maximum Gasteiger partial charge on any atom is 0.199 e. The van der Waals surface area contributed by atoms with Gasteiger partial charge >= 0.3 is 0 Å². The van der Waals surface area contributed by atoms with E-state index in [9.17, 15) is 0 Å². The van der Waals surface area contributed by atoms with Crippen molar-refractivity contribution < 1.29 is 8.83 Å². The van der Waals surface area contributed by atoms with Gasteiger partial charge in [-0.2, -0.15) is 0 Å². The quantitative estimate of drug-likeness (QED) is 0.136. The molecule has 0 radical (unpaired) electrons. The summed E-state index contributed by atoms with van der Waals surface area (Å²) in [4.78, 5) is 33.5. The number of hydrogen-bond acceptors (Lipinski definition) is 11. The van der Waals surface area contributed by atoms with E-state index >= 15 is 0 Å². The number of piperidine rings is 2. The number of benzene rings is 2. The number of H-pyrrole nitrogens is 1. The molecule has 1 unspecified atom stereocenters. The first-order valence-electron chi connectivity index (χ1n) is 20.2. The van der Waals surface area contributed by atoms with Crippen molar-refractivity contribution in [3.8, 4) is 0 Å². The molecule has 1 atom stereocenters. The molecule has 2 aromatic carbocycles. The fourth-order valence-corrected chi connectivity index (χ4v) is 8.41. The second-order valence-corrected chi connectivity index (χ2v) is 15.4. The zero-order chi connectivity index (χ0) is 38.3. The molecule has 10 rings (SSSR count). The predicted molar refractivity (Wildman–Crippen MR) is 229 cm³/mol. The lowest BCUT2D eigenvalue weighted by atomic mass is 9.96. The molecule has 5 aliphatic heterocycles. The Bertz CT molecular complexity index is 2390. The summed E-state index contributed by atoms with van der Waals surface area (Å²) < 4.78 is 12.1. The number of aryl methyl sites for hydroxylation is 2. The number of furan rings is 2. The van der Waals surface area contributed by atoms with Crippen LogP contribution in [0.1, 0.15) is 73.4 Å². The van der Waals surface area contributed by atoms with Crippen LogP contribution in [0.2, 0.25) is 0 Å². The molecule has 2 fully saturated rings. The predicted octanol–water partition coefficient (Wildman–Crippen LogP) is 9.73. The van der Waals surface area contributed by atoms with Gasteiger partial charge in [-0.1, -0.05) is 0 Å². The van der Waals surface area contributed by atoms with Crippen LogP contribution in [0, 0.1) is 19.8 Å². The van der Waals surface area contributed by atoms with Crippen molar-refractivity contribution in [2.45, 2.75) is 58.8 Å². The molecule has 288 valence electrons. The highest BCUT2D eigenvalue weighted by Crippen LogP contribution is 2.39. The fourth-order valence-electron chi connectivity index (χ4n) is 8.41. The van der Waals surface area contributed by atoms with Crippen molar-refractivity contribution in [3.05, 3.63) is 119 Å². The highest BCUT2D eigenvalue weighted by molar-refractivity contribution is 6.27. The van der Waals surface area contributed by atoms with Crippen LogP contribution in [0.3, 0.4) is 0 Å². The van der Waals surface area contributed by atoms with E-state index in [1.54, 1.807) is 12.4 Å². The normalized spacial score (nSPS) is 19.4. The second kappa shape index (κ2) is 14.9. The SMILES string of the molecule is Cc1ccc(Nc2cc(N3CCCCC3)ccc2C2=CC3=CC(c4ccc(N5CCCCC5)cc4Nc4ccc(C)o4)=NC4=NC(c5ncc[nH]5)=NC(=N2)C4C3)o1. The van der Waals surface area contributed by atoms with Crippen molar-refractivity contribution >= 4 is 63.4 Å². The summed E-state index contributed by atoms with van der Waals surface area (Å²) in [5.74, 6) is 5.11. The third-order valence-electron chi connectivity index (χ3n) is 11.3. The number of rotatable bonds is 9. The molecular weight excluding hydrogens is 713 g/mol. The average molecular weight is 759 g/mol. The van der Waals surface area contributed by atoms with Crippen LogP contribution < -0.4 is 20.4 Å². The molecule has 2 bridgehead atoms. The Morgan fingerprint density at radius 2 is 1.26 bits per heavy atom. The monoisotopic (exact) mass is 758 g/mol. The van der Waals surface area contributed by atoms with Crippen LogP contribution in [-0.4, -0.2) is 59.4 Å². The lowest BCUT2D eigenvalue weighted by molar-refractivity contribution is 0.550. The Labute approximate surface area is 331 Å². The van der Waals surface area contributed by atoms with E-state index in [2.05, 4.69) is 79.0 Å². The highest BCUT2D eigenvalue weighted by Gasteiger charge is 2.34. The number of hydrogen-bond donors (Lipinski definition) is 3. The van der Waals surface area contributed by atoms with Crippen LogP contribution >= 0.6 is 0 Å². The summed E-state index contributed by atoms with van der Waals surface area (Å²) in [7, 11) is 0. The topological polar surface area (TPSA) is 135 Å². The first kappa shape index (κ1) is 35.0. The molecule has 5 aliphatic rings. The van der Waals surface area contributed by atoms with E-state index in [-0.39, 0.29) is 5.92 Å². The van der Waals surface area contributed by atoms with E-state index in [0.717, 1.165) is 77.2 Å². The van der Waals surface area contributed by atoms with Crippen LogP contribution in [0.5, 0.6) is 0 Å². The maximum absolute atomic E-state index is 6.04. The van der Waals surface area contributed by atoms with Crippen molar-refractivity contribution in [3.63, 3.8) is 0 Å². The summed E-state index contributed by atoms with van der Waals surface area (Å²) in [6.45, 7) is 8.09. The van der Waals surface area contributed by atoms with Gasteiger partial charge in [0.25, 0.3) is 0 Å². The second-order valence-electron chi connectivity index (χ2n) is 15.4. The van der Waals surface area contributed by atoms with Gasteiger partial charge in [0.05, 0.1) is 28.7 Å². The Morgan fingerprint density at radius 3 is 1.86 bits per heavy atom. The van der Waals surface area contributed by atoms with Gasteiger partial charge in [0, 0.05) is 73.2 Å². The van der Waals surface area contributed by atoms with Gasteiger partial charge in [0.15, 0.2) is 23.4 Å². The molecular formula is C45H46N10O2. The zero-order valence-electron chi connectivity index (χ0n) is 32.4. The summed E-state index contributed by atoms with van der Waals surface area (Å²) in [6.07, 6.45) is 15.8. The number of aromatic amines is 1. The Kier molecular flexibility index (Phi) is 9.16. The molecule has 2 saturated heterocycles. The zero-order valence-corrected chi connectivity index (χ0v) is 32.4. The molecule has 3 aromatic heterocycles. The number of allylic oxidation sites excluding steroid dienone is 3. The lowest BCUT2D eigenvalue weighted by Crippen LogP contribution is -2.29. The van der Waals surface area contributed by atoms with Crippen LogP contribution in [0.4, 0.5) is 34.5 Å². The van der Waals surface area contributed by atoms with Gasteiger partial charge in [-0.25, -0.2) is 25.0 Å². The maximum atomic E-state index is 6.04. The third kappa shape index (κ3) is 7.23. The number of nitrogens with one attached hydrogen (secondary N) is 3. The lowest BCUT2D eigenvalue weighted by Gasteiger charge is -2.29. The third-order valence-corrected chi connectivity index (χ3v) is 11.3. The smallest absolute Gasteiger partial charge is 0.199 e. The first-order valence-corrected chi connectivity index (χ1v) is 20.2. The van der Waals surface area contributed by atoms with E-state index in [1.165, 1.54) is 49.9 Å². The average Bonchev–Trinajstić information content (AvgIpc) is 3.97. The van der Waals surface area contributed by atoms with Gasteiger partial charge < -0.3 is 34.3 Å². The minimum absolute atomic E-state index is 0.255. The number of imidazole rings is 1. The summed E-state index contributed by atoms with van der Waals surface area (Å²) in [5.41, 5.74) is 8.76. The van der Waals surface area contributed by atoms with Crippen LogP contribution in [0.15, 0.2) is 120 Å². The van der Waals surface area contributed by atoms with Crippen molar-refractivity contribution in [1.82, 2.24) is 9.97 Å². The van der Waals surface area contributed by atoms with E-state index in [1.807, 2.05) is 38.1 Å². The first-order chi connectivity index (χ1) is 28.0. The van der Waals surface area contributed by atoms with Crippen molar-refractivity contribution in [1.29, 1.82) is 0 Å². The molecule has 3 N–H and O–H groups in total. The van der Waals surface area contributed by atoms with Crippen LogP contribution in [0.25, 0.3) is 5.70 Å². The molecule has 0 spiro atoms. The highest BCUT2D eigenvalue weighted by atomic mass is 16.4. The van der Waals surface area contributed by atoms with Gasteiger partial charge in [0.1, 0.15) is 23.2 Å². The molecule has 12 heteroatoms. The molecule has 0 aliphatic carbocycles. The Balaban J connectivity index is 1.12. The standard InChI is InChI=1S/C45H46N10O2/c1-28-9-15-40(56-28)48-38-26-31(54-19-5-3-6-20-54)11-13-33(38)36-24-30-23-35-42(50-36)52-45(44-46-17-18-47-44)53-43(35)51-37(25-30)34-14-12-32(55-21-7-4-8-22-55)27-39(34)49-41-16-10-29(2)57-41/h9-18,24-27,35,48-49H,3-8,19-23H2,1-2H3,(H,46,47). The Hall–Kier alpha value is -6.43. The largest absolute Gasteiger partial charge is 0.446 e. The minimum Gasteiger partial charge on any atom is -0.446 e. The van der Waals surface area contributed by atoms with Gasteiger partial charge in [-0.3, -0.25) is 0 Å². The van der Waals surface area contributed by atoms with E-state index in [0.29, 0.717) is 41.5 Å². The molecule has 12 nitrogen and oxygen atoms in total. The van der Waals surface area contributed by atoms with Crippen LogP contribution in [-0.2, 0) is 0 Å². The summed E-state index contributed by atoms with van der Waals surface area (Å²) in [5, 5.41) is 7.21. The van der Waals surface area contributed by atoms with Gasteiger partial charge in [-0.15, -0.1) is 0 Å². The number of anilines is 6. The molecule has 5 aromatic rings. The van der Waals surface area contributed by atoms with Crippen molar-refractivity contribution in [2.75, 3.05) is 46.6 Å². The molecule has 0 saturated carbocycles. The van der Waals surface area contributed by atoms with E-state index in [4.69, 9.17) is 28.8 Å². The number of aromatic nitrogens is 2. The number of aliphatic imine (C=N–C) groups is 4. The summed E-state index contributed by atoms with van der Waals surface area (Å²) >= 11 is 0. The summed E-state index contributed by atoms with van der Waals surface area (Å²) in [6, 6.07) is 21.1. The Morgan fingerprint density at radius 1 is 0.649 bits per heavy atom.